The number of nitriles is 10. The fourth-order valence-electron chi connectivity index (χ4n) is 6.36. The van der Waals surface area contributed by atoms with Crippen molar-refractivity contribution in [2.75, 3.05) is 0 Å². The molecule has 0 radical (unpaired) electrons. The summed E-state index contributed by atoms with van der Waals surface area (Å²) in [6.07, 6.45) is -10.3. The average molecular weight is 717 g/mol. The maximum absolute atomic E-state index is 14.1. The van der Waals surface area contributed by atoms with Gasteiger partial charge in [0.2, 0.25) is 0 Å². The number of nitrogens with zero attached hydrogens (tertiary/aromatic N) is 10. The van der Waals surface area contributed by atoms with Crippen molar-refractivity contribution in [3.8, 4) is 60.7 Å². The summed E-state index contributed by atoms with van der Waals surface area (Å²) in [4.78, 5) is 0. The lowest BCUT2D eigenvalue weighted by Crippen LogP contribution is -2.09. The first-order chi connectivity index (χ1) is 25.7. The second-order valence-electron chi connectivity index (χ2n) is 10.9. The van der Waals surface area contributed by atoms with E-state index in [0.717, 1.165) is 24.3 Å². The number of allylic oxidation sites excluding steroid dienone is 8. The summed E-state index contributed by atoms with van der Waals surface area (Å²) in [5, 5.41) is 101. The largest absolute Gasteiger partial charge is 0.417 e. The van der Waals surface area contributed by atoms with Crippen LogP contribution in [0.25, 0.3) is 33.4 Å². The van der Waals surface area contributed by atoms with Crippen LogP contribution in [0.4, 0.5) is 26.3 Å². The second kappa shape index (κ2) is 13.1. The molecule has 54 heavy (non-hydrogen) atoms. The van der Waals surface area contributed by atoms with E-state index >= 15 is 0 Å². The van der Waals surface area contributed by atoms with Gasteiger partial charge in [0.25, 0.3) is 0 Å². The van der Waals surface area contributed by atoms with Crippen LogP contribution < -0.4 is 0 Å². The molecule has 2 aliphatic carbocycles. The Kier molecular flexibility index (Phi) is 8.82. The van der Waals surface area contributed by atoms with E-state index in [1.165, 1.54) is 12.1 Å². The van der Waals surface area contributed by atoms with Gasteiger partial charge in [-0.25, -0.2) is 0 Å². The number of alkyl halides is 6. The Hall–Kier alpha value is -8.90. The predicted molar refractivity (Wildman–Crippen MR) is 169 cm³/mol. The smallest absolute Gasteiger partial charge is 0.192 e. The molecule has 0 atom stereocenters. The molecule has 5 rings (SSSR count). The zero-order valence-corrected chi connectivity index (χ0v) is 26.2. The fourth-order valence-corrected chi connectivity index (χ4v) is 6.36. The van der Waals surface area contributed by atoms with Crippen LogP contribution in [0.2, 0.25) is 0 Å². The molecule has 0 fully saturated rings. The minimum absolute atomic E-state index is 0.450. The van der Waals surface area contributed by atoms with Gasteiger partial charge >= 0.3 is 12.4 Å². The highest BCUT2D eigenvalue weighted by Crippen LogP contribution is 2.58. The summed E-state index contributed by atoms with van der Waals surface area (Å²) in [7, 11) is 0. The van der Waals surface area contributed by atoms with Crippen LogP contribution in [0.3, 0.4) is 0 Å². The van der Waals surface area contributed by atoms with Crippen molar-refractivity contribution in [2.45, 2.75) is 12.4 Å². The van der Waals surface area contributed by atoms with E-state index in [1.54, 1.807) is 48.6 Å². The van der Waals surface area contributed by atoms with E-state index in [1.807, 2.05) is 0 Å². The molecule has 250 valence electrons. The van der Waals surface area contributed by atoms with E-state index in [2.05, 4.69) is 0 Å². The summed E-state index contributed by atoms with van der Waals surface area (Å²) in [6, 6.07) is 20.2. The van der Waals surface area contributed by atoms with Crippen LogP contribution in [0, 0.1) is 113 Å². The van der Waals surface area contributed by atoms with Gasteiger partial charge in [-0.15, -0.1) is 0 Å². The van der Waals surface area contributed by atoms with Crippen LogP contribution in [0.1, 0.15) is 66.8 Å². The predicted octanol–water partition coefficient (Wildman–Crippen LogP) is 7.71. The molecule has 0 aliphatic heterocycles. The van der Waals surface area contributed by atoms with E-state index in [9.17, 15) is 79.0 Å². The SMILES string of the molecule is N#CC(C#N)=C1C(c2ccc(C#N)c(C(F)(F)F)c2)=C(C#N)c2c(C#N)c3c(c(C#N)c21)C(=C(C#N)C#N)C(c1ccc(C#N)c(C(F)(F)F)c1)=C3C#N. The van der Waals surface area contributed by atoms with Crippen molar-refractivity contribution in [3.63, 3.8) is 0 Å². The van der Waals surface area contributed by atoms with Gasteiger partial charge in [-0.2, -0.15) is 79.0 Å². The maximum Gasteiger partial charge on any atom is 0.417 e. The molecule has 3 aromatic rings. The van der Waals surface area contributed by atoms with Gasteiger partial charge in [-0.05, 0) is 35.4 Å². The quantitative estimate of drug-likeness (QED) is 0.185. The van der Waals surface area contributed by atoms with E-state index in [4.69, 9.17) is 0 Å². The third kappa shape index (κ3) is 5.21. The lowest BCUT2D eigenvalue weighted by Gasteiger charge is -2.17. The molecule has 0 unspecified atom stereocenters. The molecule has 0 heterocycles. The molecule has 10 nitrogen and oxygen atoms in total. The molecule has 2 aliphatic rings. The van der Waals surface area contributed by atoms with Crippen molar-refractivity contribution in [1.29, 1.82) is 52.6 Å². The second-order valence-corrected chi connectivity index (χ2v) is 10.9. The Morgan fingerprint density at radius 3 is 1.02 bits per heavy atom. The first-order valence-electron chi connectivity index (χ1n) is 14.3. The van der Waals surface area contributed by atoms with Crippen LogP contribution >= 0.6 is 0 Å². The maximum atomic E-state index is 14.1. The van der Waals surface area contributed by atoms with Crippen LogP contribution in [0.5, 0.6) is 0 Å². The van der Waals surface area contributed by atoms with Gasteiger partial charge < -0.3 is 0 Å². The van der Waals surface area contributed by atoms with E-state index in [0.29, 0.717) is 12.1 Å². The zero-order valence-electron chi connectivity index (χ0n) is 26.2. The van der Waals surface area contributed by atoms with E-state index in [-0.39, 0.29) is 0 Å². The number of fused-ring (bicyclic) bond motifs is 2. The summed E-state index contributed by atoms with van der Waals surface area (Å²) < 4.78 is 84.6. The number of rotatable bonds is 2. The zero-order chi connectivity index (χ0) is 39.9. The van der Waals surface area contributed by atoms with Crippen molar-refractivity contribution in [1.82, 2.24) is 0 Å². The van der Waals surface area contributed by atoms with Crippen LogP contribution in [-0.4, -0.2) is 0 Å². The van der Waals surface area contributed by atoms with Gasteiger partial charge in [0.15, 0.2) is 0 Å². The van der Waals surface area contributed by atoms with Crippen LogP contribution in [-0.2, 0) is 12.4 Å². The number of hydrogen-bond donors (Lipinski definition) is 0. The summed E-state index contributed by atoms with van der Waals surface area (Å²) in [5.41, 5.74) is -14.9. The minimum atomic E-state index is -5.14. The molecule has 0 saturated heterocycles. The van der Waals surface area contributed by atoms with Gasteiger partial charge in [0.1, 0.15) is 59.7 Å². The minimum Gasteiger partial charge on any atom is -0.192 e. The standard InChI is InChI=1S/C38H6F6N10/c39-37(40,41)27-5-17(1-3-19(27)7-45)29-23(13-51)33-25(15-53)34-24(14-52)30(18-2-4-20(8-46)28(6-18)38(42,43)44)32(22(11-49)12-50)36(34)26(16-54)35(33)31(29)21(9-47)10-48/h1-6H. The third-order valence-electron chi connectivity index (χ3n) is 8.36. The molecule has 0 amide bonds. The summed E-state index contributed by atoms with van der Waals surface area (Å²) in [6.45, 7) is 0. The fraction of sp³-hybridized carbons (Fsp3) is 0.0526. The first kappa shape index (κ1) is 36.4. The van der Waals surface area contributed by atoms with Crippen LogP contribution in [0.15, 0.2) is 47.5 Å². The lowest BCUT2D eigenvalue weighted by molar-refractivity contribution is -0.138. The number of halogens is 6. The molecular weight excluding hydrogens is 710 g/mol. The van der Waals surface area contributed by atoms with Gasteiger partial charge in [-0.1, -0.05) is 12.1 Å². The molecule has 0 spiro atoms. The van der Waals surface area contributed by atoms with Crippen molar-refractivity contribution in [2.24, 2.45) is 0 Å². The summed E-state index contributed by atoms with van der Waals surface area (Å²) >= 11 is 0. The van der Waals surface area contributed by atoms with Crippen molar-refractivity contribution in [3.05, 3.63) is 114 Å². The van der Waals surface area contributed by atoms with Gasteiger partial charge in [-0.3, -0.25) is 0 Å². The normalized spacial score (nSPS) is 12.6. The Morgan fingerprint density at radius 2 is 0.759 bits per heavy atom. The highest BCUT2D eigenvalue weighted by atomic mass is 19.4. The molecule has 0 N–H and O–H groups in total. The van der Waals surface area contributed by atoms with Gasteiger partial charge in [0, 0.05) is 44.5 Å². The highest BCUT2D eigenvalue weighted by molar-refractivity contribution is 6.32. The lowest BCUT2D eigenvalue weighted by atomic mass is 9.82. The Bertz CT molecular complexity index is 2690. The Morgan fingerprint density at radius 1 is 0.426 bits per heavy atom. The molecule has 0 aromatic heterocycles. The first-order valence-corrected chi connectivity index (χ1v) is 14.3. The molecule has 0 bridgehead atoms. The van der Waals surface area contributed by atoms with Gasteiger partial charge in [0.05, 0.1) is 56.7 Å². The average Bonchev–Trinajstić information content (AvgIpc) is 3.67. The van der Waals surface area contributed by atoms with Crippen molar-refractivity contribution < 1.29 is 26.3 Å². The topological polar surface area (TPSA) is 238 Å². The highest BCUT2D eigenvalue weighted by Gasteiger charge is 2.45. The third-order valence-corrected chi connectivity index (χ3v) is 8.36. The van der Waals surface area contributed by atoms with Crippen molar-refractivity contribution >= 4 is 33.4 Å². The number of hydrogen-bond acceptors (Lipinski definition) is 10. The molecule has 3 aromatic carbocycles. The monoisotopic (exact) mass is 716 g/mol. The Balaban J connectivity index is 2.10. The van der Waals surface area contributed by atoms with E-state index < -0.39 is 124 Å². The number of benzene rings is 3. The molecule has 0 saturated carbocycles. The summed E-state index contributed by atoms with van der Waals surface area (Å²) in [5.74, 6) is 0. The molecule has 16 heteroatoms. The molecular formula is C38H6F6N10. The Labute approximate surface area is 299 Å².